The van der Waals surface area contributed by atoms with E-state index in [0.29, 0.717) is 0 Å². The van der Waals surface area contributed by atoms with Crippen molar-refractivity contribution in [2.45, 2.75) is 51.5 Å². The average Bonchev–Trinajstić information content (AvgIpc) is 2.57. The van der Waals surface area contributed by atoms with Crippen molar-refractivity contribution in [2.24, 2.45) is 0 Å². The summed E-state index contributed by atoms with van der Waals surface area (Å²) in [6, 6.07) is -1.15. The molecule has 0 fully saturated rings. The molecule has 0 unspecified atom stereocenters. The van der Waals surface area contributed by atoms with Crippen molar-refractivity contribution in [3.8, 4) is 0 Å². The number of aliphatic carboxylic acids is 1. The first-order valence-electron chi connectivity index (χ1n) is 5.75. The van der Waals surface area contributed by atoms with Crippen LogP contribution in [-0.2, 0) is 14.3 Å². The summed E-state index contributed by atoms with van der Waals surface area (Å²) in [5.74, 6) is -1.16. The third-order valence-corrected chi connectivity index (χ3v) is 2.21. The van der Waals surface area contributed by atoms with Crippen molar-refractivity contribution in [3.63, 3.8) is 0 Å². The Hall–Kier alpha value is -1.56. The molecule has 1 aliphatic heterocycles. The second kappa shape index (κ2) is 5.39. The van der Waals surface area contributed by atoms with Gasteiger partial charge < -0.3 is 19.9 Å². The molecule has 0 radical (unpaired) electrons. The van der Waals surface area contributed by atoms with Crippen LogP contribution in [0, 0.1) is 0 Å². The highest BCUT2D eigenvalue weighted by Gasteiger charge is 2.33. The molecule has 0 aliphatic carbocycles. The summed E-state index contributed by atoms with van der Waals surface area (Å²) in [5, 5.41) is 11.4. The molecule has 1 amide bonds. The molecule has 0 saturated heterocycles. The minimum Gasteiger partial charge on any atom is -0.480 e. The van der Waals surface area contributed by atoms with Crippen LogP contribution in [0.3, 0.4) is 0 Å². The number of carboxylic acids is 1. The Labute approximate surface area is 106 Å². The molecular weight excluding hydrogens is 238 g/mol. The first kappa shape index (κ1) is 14.5. The Morgan fingerprint density at radius 3 is 2.39 bits per heavy atom. The van der Waals surface area contributed by atoms with Crippen LogP contribution >= 0.6 is 0 Å². The zero-order valence-corrected chi connectivity index (χ0v) is 11.0. The lowest BCUT2D eigenvalue weighted by Crippen LogP contribution is -2.50. The highest BCUT2D eigenvalue weighted by Crippen LogP contribution is 2.15. The number of ether oxygens (including phenoxy) is 2. The van der Waals surface area contributed by atoms with E-state index in [4.69, 9.17) is 14.6 Å². The van der Waals surface area contributed by atoms with Gasteiger partial charge in [-0.25, -0.2) is 9.59 Å². The van der Waals surface area contributed by atoms with Gasteiger partial charge in [-0.3, -0.25) is 0 Å². The van der Waals surface area contributed by atoms with Crippen molar-refractivity contribution in [1.29, 1.82) is 0 Å². The Kier molecular flexibility index (Phi) is 4.34. The molecule has 3 atom stereocenters. The standard InChI is InChI=1S/C12H19NO5/c1-7-5-6-8(17-7)9(10(14)15)13-11(16)18-12(2,3)4/h5-9H,1-4H3,(H,13,16)(H,14,15)/t7-,8+,9-/m0/s1. The number of hydrogen-bond donors (Lipinski definition) is 2. The smallest absolute Gasteiger partial charge is 0.408 e. The van der Waals surface area contributed by atoms with Gasteiger partial charge >= 0.3 is 12.1 Å². The van der Waals surface area contributed by atoms with E-state index in [1.807, 2.05) is 0 Å². The Bertz CT molecular complexity index is 358. The monoisotopic (exact) mass is 257 g/mol. The van der Waals surface area contributed by atoms with Crippen molar-refractivity contribution in [3.05, 3.63) is 12.2 Å². The van der Waals surface area contributed by atoms with Gasteiger partial charge in [0.25, 0.3) is 0 Å². The van der Waals surface area contributed by atoms with Crippen LogP contribution in [0.1, 0.15) is 27.7 Å². The number of amides is 1. The first-order chi connectivity index (χ1) is 8.19. The van der Waals surface area contributed by atoms with Crippen LogP contribution in [-0.4, -0.2) is 41.0 Å². The highest BCUT2D eigenvalue weighted by molar-refractivity contribution is 5.81. The van der Waals surface area contributed by atoms with Crippen LogP contribution in [0.25, 0.3) is 0 Å². The van der Waals surface area contributed by atoms with Crippen molar-refractivity contribution in [1.82, 2.24) is 5.32 Å². The molecule has 1 heterocycles. The van der Waals surface area contributed by atoms with Gasteiger partial charge in [0.1, 0.15) is 11.7 Å². The second-order valence-corrected chi connectivity index (χ2v) is 5.15. The summed E-state index contributed by atoms with van der Waals surface area (Å²) in [6.07, 6.45) is 1.77. The third-order valence-electron chi connectivity index (χ3n) is 2.21. The Balaban J connectivity index is 2.62. The van der Waals surface area contributed by atoms with E-state index in [1.54, 1.807) is 39.8 Å². The van der Waals surface area contributed by atoms with E-state index in [9.17, 15) is 9.59 Å². The molecule has 1 aliphatic rings. The molecule has 0 aromatic rings. The molecule has 0 aromatic carbocycles. The van der Waals surface area contributed by atoms with Gasteiger partial charge in [0.15, 0.2) is 6.04 Å². The third kappa shape index (κ3) is 4.37. The van der Waals surface area contributed by atoms with Gasteiger partial charge in [-0.15, -0.1) is 0 Å². The topological polar surface area (TPSA) is 84.9 Å². The van der Waals surface area contributed by atoms with Crippen LogP contribution in [0.15, 0.2) is 12.2 Å². The van der Waals surface area contributed by atoms with E-state index in [1.165, 1.54) is 0 Å². The van der Waals surface area contributed by atoms with E-state index < -0.39 is 29.8 Å². The van der Waals surface area contributed by atoms with E-state index >= 15 is 0 Å². The van der Waals surface area contributed by atoms with Gasteiger partial charge in [0.2, 0.25) is 0 Å². The van der Waals surface area contributed by atoms with Gasteiger partial charge in [0.05, 0.1) is 6.10 Å². The fourth-order valence-electron chi connectivity index (χ4n) is 1.51. The summed E-state index contributed by atoms with van der Waals surface area (Å²) < 4.78 is 10.4. The fraction of sp³-hybridized carbons (Fsp3) is 0.667. The summed E-state index contributed by atoms with van der Waals surface area (Å²) in [6.45, 7) is 6.91. The largest absolute Gasteiger partial charge is 0.480 e. The van der Waals surface area contributed by atoms with E-state index in [2.05, 4.69) is 5.32 Å². The Morgan fingerprint density at radius 2 is 2.00 bits per heavy atom. The number of hydrogen-bond acceptors (Lipinski definition) is 4. The molecule has 0 saturated carbocycles. The summed E-state index contributed by atoms with van der Waals surface area (Å²) in [4.78, 5) is 22.6. The van der Waals surface area contributed by atoms with Crippen LogP contribution in [0.4, 0.5) is 4.79 Å². The molecule has 0 spiro atoms. The maximum absolute atomic E-state index is 11.5. The predicted molar refractivity (Wildman–Crippen MR) is 64.3 cm³/mol. The maximum Gasteiger partial charge on any atom is 0.408 e. The van der Waals surface area contributed by atoms with Crippen LogP contribution in [0.2, 0.25) is 0 Å². The van der Waals surface area contributed by atoms with E-state index in [-0.39, 0.29) is 6.10 Å². The lowest BCUT2D eigenvalue weighted by molar-refractivity contribution is -0.142. The number of carbonyl (C=O) groups excluding carboxylic acids is 1. The number of carboxylic acid groups (broad SMARTS) is 1. The molecule has 6 nitrogen and oxygen atoms in total. The lowest BCUT2D eigenvalue weighted by atomic mass is 10.1. The molecule has 6 heteroatoms. The Morgan fingerprint density at radius 1 is 1.39 bits per heavy atom. The molecule has 1 rings (SSSR count). The molecule has 2 N–H and O–H groups in total. The number of alkyl carbamates (subject to hydrolysis) is 1. The summed E-state index contributed by atoms with van der Waals surface area (Å²) in [5.41, 5.74) is -0.674. The van der Waals surface area contributed by atoms with Gasteiger partial charge in [0, 0.05) is 0 Å². The predicted octanol–water partition coefficient (Wildman–Crippen LogP) is 1.31. The number of rotatable bonds is 3. The average molecular weight is 257 g/mol. The molecule has 102 valence electrons. The molecule has 18 heavy (non-hydrogen) atoms. The summed E-state index contributed by atoms with van der Waals surface area (Å²) >= 11 is 0. The number of carbonyl (C=O) groups is 2. The van der Waals surface area contributed by atoms with Crippen molar-refractivity contribution in [2.75, 3.05) is 0 Å². The first-order valence-corrected chi connectivity index (χ1v) is 5.75. The molecular formula is C12H19NO5. The normalized spacial score (nSPS) is 24.7. The number of nitrogens with one attached hydrogen (secondary N) is 1. The minimum absolute atomic E-state index is 0.155. The minimum atomic E-state index is -1.16. The van der Waals surface area contributed by atoms with Gasteiger partial charge in [-0.2, -0.15) is 0 Å². The quantitative estimate of drug-likeness (QED) is 0.744. The van der Waals surface area contributed by atoms with Crippen molar-refractivity contribution >= 4 is 12.1 Å². The van der Waals surface area contributed by atoms with Gasteiger partial charge in [-0.05, 0) is 27.7 Å². The summed E-state index contributed by atoms with van der Waals surface area (Å²) in [7, 11) is 0. The van der Waals surface area contributed by atoms with Crippen LogP contribution in [0.5, 0.6) is 0 Å². The van der Waals surface area contributed by atoms with Crippen LogP contribution < -0.4 is 5.32 Å². The zero-order valence-electron chi connectivity index (χ0n) is 11.0. The molecule has 0 aromatic heterocycles. The lowest BCUT2D eigenvalue weighted by Gasteiger charge is -2.24. The fourth-order valence-corrected chi connectivity index (χ4v) is 1.51. The maximum atomic E-state index is 11.5. The highest BCUT2D eigenvalue weighted by atomic mass is 16.6. The van der Waals surface area contributed by atoms with E-state index in [0.717, 1.165) is 0 Å². The zero-order chi connectivity index (χ0) is 13.9. The van der Waals surface area contributed by atoms with Gasteiger partial charge in [-0.1, -0.05) is 12.2 Å². The SMILES string of the molecule is C[C@H]1C=C[C@H]([C@H](NC(=O)OC(C)(C)C)C(=O)O)O1. The molecule has 0 bridgehead atoms. The van der Waals surface area contributed by atoms with Crippen molar-refractivity contribution < 1.29 is 24.2 Å². The second-order valence-electron chi connectivity index (χ2n) is 5.15.